The SMILES string of the molecule is NC(=O)c1cc([N+](=O)[O-])cnc1NC1CCOC(c2ccccc2)C1. The predicted molar refractivity (Wildman–Crippen MR) is 91.2 cm³/mol. The lowest BCUT2D eigenvalue weighted by Crippen LogP contribution is -2.31. The summed E-state index contributed by atoms with van der Waals surface area (Å²) in [6.07, 6.45) is 2.49. The molecule has 0 spiro atoms. The molecule has 2 aromatic rings. The molecule has 1 aliphatic rings. The van der Waals surface area contributed by atoms with Crippen LogP contribution in [-0.4, -0.2) is 28.5 Å². The number of rotatable bonds is 5. The van der Waals surface area contributed by atoms with Crippen molar-refractivity contribution < 1.29 is 14.5 Å². The monoisotopic (exact) mass is 342 g/mol. The molecule has 2 unspecified atom stereocenters. The lowest BCUT2D eigenvalue weighted by atomic mass is 9.97. The number of primary amides is 1. The minimum absolute atomic E-state index is 0.0111. The van der Waals surface area contributed by atoms with Crippen LogP contribution >= 0.6 is 0 Å². The number of hydrogen-bond donors (Lipinski definition) is 2. The molecule has 1 fully saturated rings. The number of ether oxygens (including phenoxy) is 1. The summed E-state index contributed by atoms with van der Waals surface area (Å²) < 4.78 is 5.82. The van der Waals surface area contributed by atoms with Gasteiger partial charge in [0.1, 0.15) is 12.0 Å². The molecular weight excluding hydrogens is 324 g/mol. The van der Waals surface area contributed by atoms with Crippen LogP contribution in [0.1, 0.15) is 34.9 Å². The summed E-state index contributed by atoms with van der Waals surface area (Å²) in [6, 6.07) is 11.0. The van der Waals surface area contributed by atoms with Crippen LogP contribution in [0.4, 0.5) is 11.5 Å². The van der Waals surface area contributed by atoms with Crippen molar-refractivity contribution in [1.29, 1.82) is 0 Å². The van der Waals surface area contributed by atoms with Crippen molar-refractivity contribution in [3.05, 3.63) is 63.8 Å². The van der Waals surface area contributed by atoms with Crippen LogP contribution in [0.5, 0.6) is 0 Å². The molecule has 1 saturated heterocycles. The number of anilines is 1. The maximum Gasteiger partial charge on any atom is 0.288 e. The number of nitrogens with zero attached hydrogens (tertiary/aromatic N) is 2. The van der Waals surface area contributed by atoms with Crippen molar-refractivity contribution in [1.82, 2.24) is 4.98 Å². The van der Waals surface area contributed by atoms with Crippen molar-refractivity contribution >= 4 is 17.4 Å². The fraction of sp³-hybridized carbons (Fsp3) is 0.294. The van der Waals surface area contributed by atoms with Crippen LogP contribution < -0.4 is 11.1 Å². The van der Waals surface area contributed by atoms with E-state index in [0.717, 1.165) is 24.2 Å². The largest absolute Gasteiger partial charge is 0.373 e. The molecule has 1 aliphatic heterocycles. The van der Waals surface area contributed by atoms with Gasteiger partial charge in [0, 0.05) is 18.7 Å². The van der Waals surface area contributed by atoms with Gasteiger partial charge in [-0.1, -0.05) is 30.3 Å². The van der Waals surface area contributed by atoms with E-state index in [1.54, 1.807) is 0 Å². The Labute approximate surface area is 144 Å². The summed E-state index contributed by atoms with van der Waals surface area (Å²) in [6.45, 7) is 0.566. The number of carbonyl (C=O) groups is 1. The molecule has 0 saturated carbocycles. The minimum Gasteiger partial charge on any atom is -0.373 e. The second-order valence-corrected chi connectivity index (χ2v) is 5.85. The number of carbonyl (C=O) groups excluding carboxylic acids is 1. The molecule has 0 bridgehead atoms. The third-order valence-electron chi connectivity index (χ3n) is 4.15. The summed E-state index contributed by atoms with van der Waals surface area (Å²) in [7, 11) is 0. The van der Waals surface area contributed by atoms with Crippen LogP contribution in [0.25, 0.3) is 0 Å². The second-order valence-electron chi connectivity index (χ2n) is 5.85. The van der Waals surface area contributed by atoms with Gasteiger partial charge in [-0.2, -0.15) is 0 Å². The molecule has 8 heteroatoms. The topological polar surface area (TPSA) is 120 Å². The summed E-state index contributed by atoms with van der Waals surface area (Å²) in [5.41, 5.74) is 6.17. The Morgan fingerprint density at radius 2 is 2.12 bits per heavy atom. The zero-order valence-electron chi connectivity index (χ0n) is 13.4. The highest BCUT2D eigenvalue weighted by Gasteiger charge is 2.26. The van der Waals surface area contributed by atoms with Crippen LogP contribution in [0, 0.1) is 10.1 Å². The highest BCUT2D eigenvalue weighted by molar-refractivity contribution is 5.98. The first-order chi connectivity index (χ1) is 12.0. The van der Waals surface area contributed by atoms with Gasteiger partial charge in [-0.25, -0.2) is 4.98 Å². The van der Waals surface area contributed by atoms with Gasteiger partial charge in [0.25, 0.3) is 11.6 Å². The Balaban J connectivity index is 1.77. The number of benzene rings is 1. The van der Waals surface area contributed by atoms with Crippen molar-refractivity contribution in [3.8, 4) is 0 Å². The van der Waals surface area contributed by atoms with Gasteiger partial charge in [0.15, 0.2) is 0 Å². The van der Waals surface area contributed by atoms with E-state index in [1.165, 1.54) is 0 Å². The van der Waals surface area contributed by atoms with E-state index in [-0.39, 0.29) is 29.2 Å². The second kappa shape index (κ2) is 7.27. The van der Waals surface area contributed by atoms with Crippen molar-refractivity contribution in [2.45, 2.75) is 25.0 Å². The Morgan fingerprint density at radius 3 is 2.80 bits per heavy atom. The standard InChI is InChI=1S/C17H18N4O4/c18-16(22)14-9-13(21(23)24)10-19-17(14)20-12-6-7-25-15(8-12)11-4-2-1-3-5-11/h1-5,9-10,12,15H,6-8H2,(H2,18,22)(H,19,20). The van der Waals surface area contributed by atoms with E-state index in [0.29, 0.717) is 13.0 Å². The quantitative estimate of drug-likeness (QED) is 0.636. The number of hydrogen-bond acceptors (Lipinski definition) is 6. The molecule has 130 valence electrons. The predicted octanol–water partition coefficient (Wildman–Crippen LogP) is 2.42. The Bertz CT molecular complexity index is 781. The number of amides is 1. The molecule has 1 amide bonds. The maximum atomic E-state index is 11.6. The van der Waals surface area contributed by atoms with Crippen molar-refractivity contribution in [2.75, 3.05) is 11.9 Å². The minimum atomic E-state index is -0.759. The highest BCUT2D eigenvalue weighted by atomic mass is 16.6. The van der Waals surface area contributed by atoms with Crippen molar-refractivity contribution in [3.63, 3.8) is 0 Å². The zero-order chi connectivity index (χ0) is 17.8. The first kappa shape index (κ1) is 16.8. The third-order valence-corrected chi connectivity index (χ3v) is 4.15. The van der Waals surface area contributed by atoms with E-state index in [2.05, 4.69) is 10.3 Å². The molecule has 8 nitrogen and oxygen atoms in total. The van der Waals surface area contributed by atoms with Gasteiger partial charge in [-0.15, -0.1) is 0 Å². The van der Waals surface area contributed by atoms with E-state index in [1.807, 2.05) is 30.3 Å². The number of aromatic nitrogens is 1. The number of nitro groups is 1. The van der Waals surface area contributed by atoms with Gasteiger partial charge in [0.05, 0.1) is 16.6 Å². The Hall–Kier alpha value is -3.00. The first-order valence-electron chi connectivity index (χ1n) is 7.92. The van der Waals surface area contributed by atoms with Crippen molar-refractivity contribution in [2.24, 2.45) is 5.73 Å². The van der Waals surface area contributed by atoms with E-state index in [9.17, 15) is 14.9 Å². The molecule has 2 heterocycles. The number of nitrogens with one attached hydrogen (secondary N) is 1. The van der Waals surface area contributed by atoms with E-state index in [4.69, 9.17) is 10.5 Å². The Morgan fingerprint density at radius 1 is 1.36 bits per heavy atom. The summed E-state index contributed by atoms with van der Waals surface area (Å²) in [5.74, 6) is -0.498. The van der Waals surface area contributed by atoms with Gasteiger partial charge in [-0.05, 0) is 18.4 Å². The summed E-state index contributed by atoms with van der Waals surface area (Å²) in [4.78, 5) is 25.9. The zero-order valence-corrected chi connectivity index (χ0v) is 13.4. The normalized spacial score (nSPS) is 20.0. The van der Waals surface area contributed by atoms with Crippen LogP contribution in [0.2, 0.25) is 0 Å². The molecule has 25 heavy (non-hydrogen) atoms. The summed E-state index contributed by atoms with van der Waals surface area (Å²) >= 11 is 0. The lowest BCUT2D eigenvalue weighted by molar-refractivity contribution is -0.385. The average Bonchev–Trinajstić information content (AvgIpc) is 2.62. The summed E-state index contributed by atoms with van der Waals surface area (Å²) in [5, 5.41) is 14.0. The van der Waals surface area contributed by atoms with Crippen LogP contribution in [0.3, 0.4) is 0 Å². The lowest BCUT2D eigenvalue weighted by Gasteiger charge is -2.31. The Kier molecular flexibility index (Phi) is 4.90. The molecule has 3 N–H and O–H groups in total. The third kappa shape index (κ3) is 3.92. The maximum absolute atomic E-state index is 11.6. The van der Waals surface area contributed by atoms with Gasteiger partial charge >= 0.3 is 0 Å². The average molecular weight is 342 g/mol. The molecule has 0 aliphatic carbocycles. The number of pyridine rings is 1. The first-order valence-corrected chi connectivity index (χ1v) is 7.92. The molecule has 3 rings (SSSR count). The molecule has 1 aromatic heterocycles. The highest BCUT2D eigenvalue weighted by Crippen LogP contribution is 2.30. The van der Waals surface area contributed by atoms with Gasteiger partial charge < -0.3 is 15.8 Å². The smallest absolute Gasteiger partial charge is 0.288 e. The molecule has 1 aromatic carbocycles. The fourth-order valence-electron chi connectivity index (χ4n) is 2.88. The molecule has 2 atom stereocenters. The fourth-order valence-corrected chi connectivity index (χ4v) is 2.88. The van der Waals surface area contributed by atoms with E-state index >= 15 is 0 Å². The van der Waals surface area contributed by atoms with Crippen LogP contribution in [0.15, 0.2) is 42.6 Å². The number of nitrogens with two attached hydrogens (primary N) is 1. The van der Waals surface area contributed by atoms with Gasteiger partial charge in [0.2, 0.25) is 0 Å². The molecular formula is C17H18N4O4. The van der Waals surface area contributed by atoms with E-state index < -0.39 is 10.8 Å². The molecule has 0 radical (unpaired) electrons. The van der Waals surface area contributed by atoms with Crippen LogP contribution in [-0.2, 0) is 4.74 Å². The van der Waals surface area contributed by atoms with Gasteiger partial charge in [-0.3, -0.25) is 14.9 Å².